The van der Waals surface area contributed by atoms with Gasteiger partial charge in [-0.15, -0.1) is 0 Å². The number of carbonyl (C=O) groups is 2. The zero-order valence-electron chi connectivity index (χ0n) is 19.8. The lowest BCUT2D eigenvalue weighted by Gasteiger charge is -2.30. The average Bonchev–Trinajstić information content (AvgIpc) is 2.84. The summed E-state index contributed by atoms with van der Waals surface area (Å²) < 4.78 is 16.4. The van der Waals surface area contributed by atoms with Crippen molar-refractivity contribution in [1.82, 2.24) is 16.1 Å². The van der Waals surface area contributed by atoms with Crippen molar-refractivity contribution in [3.05, 3.63) is 70.9 Å². The van der Waals surface area contributed by atoms with Crippen LogP contribution in [0.3, 0.4) is 0 Å². The maximum atomic E-state index is 12.6. The Bertz CT molecular complexity index is 1130. The Hall–Kier alpha value is -3.92. The molecule has 1 amide bonds. The SMILES string of the molecule is CCOC(=O)C1=C(C)NC(=S)N[C@H]1c1ccccc1OCC(=O)NN=Cc1ccc(OCC)cc1. The number of carbonyl (C=O) groups excluding carboxylic acids is 2. The van der Waals surface area contributed by atoms with Crippen molar-refractivity contribution in [1.29, 1.82) is 0 Å². The average molecular weight is 497 g/mol. The second-order valence-electron chi connectivity index (χ2n) is 7.41. The second kappa shape index (κ2) is 12.5. The van der Waals surface area contributed by atoms with Crippen molar-refractivity contribution in [3.63, 3.8) is 0 Å². The van der Waals surface area contributed by atoms with E-state index in [2.05, 4.69) is 21.2 Å². The van der Waals surface area contributed by atoms with Crippen LogP contribution in [0, 0.1) is 0 Å². The highest BCUT2D eigenvalue weighted by Gasteiger charge is 2.32. The van der Waals surface area contributed by atoms with Gasteiger partial charge >= 0.3 is 5.97 Å². The molecule has 2 aromatic rings. The van der Waals surface area contributed by atoms with Crippen LogP contribution in [0.15, 0.2) is 64.9 Å². The fourth-order valence-electron chi connectivity index (χ4n) is 3.43. The van der Waals surface area contributed by atoms with Gasteiger partial charge < -0.3 is 24.8 Å². The molecule has 2 aromatic carbocycles. The van der Waals surface area contributed by atoms with E-state index in [0.717, 1.165) is 11.3 Å². The number of ether oxygens (including phenoxy) is 3. The minimum atomic E-state index is -0.597. The molecular formula is C25H28N4O5S. The number of esters is 1. The van der Waals surface area contributed by atoms with Gasteiger partial charge in [0.25, 0.3) is 5.91 Å². The third-order valence-electron chi connectivity index (χ3n) is 4.95. The first kappa shape index (κ1) is 25.7. The standard InChI is InChI=1S/C25H28N4O5S/c1-4-32-18-12-10-17(11-13-18)14-26-29-21(30)15-34-20-9-7-6-8-19(20)23-22(24(31)33-5-2)16(3)27-25(35)28-23/h6-14,23H,4-5,15H2,1-3H3,(H,29,30)(H2,27,28,35)/t23-/m0/s1. The lowest BCUT2D eigenvalue weighted by atomic mass is 9.95. The van der Waals surface area contributed by atoms with E-state index in [4.69, 9.17) is 26.4 Å². The van der Waals surface area contributed by atoms with Crippen molar-refractivity contribution < 1.29 is 23.8 Å². The summed E-state index contributed by atoms with van der Waals surface area (Å²) in [6.45, 7) is 5.97. The number of benzene rings is 2. The van der Waals surface area contributed by atoms with Gasteiger partial charge in [0.15, 0.2) is 11.7 Å². The van der Waals surface area contributed by atoms with E-state index in [1.54, 1.807) is 32.0 Å². The summed E-state index contributed by atoms with van der Waals surface area (Å²) in [4.78, 5) is 24.9. The zero-order valence-corrected chi connectivity index (χ0v) is 20.6. The van der Waals surface area contributed by atoms with E-state index >= 15 is 0 Å². The normalized spacial score (nSPS) is 15.3. The van der Waals surface area contributed by atoms with Gasteiger partial charge in [0.05, 0.1) is 31.0 Å². The topological polar surface area (TPSA) is 110 Å². The van der Waals surface area contributed by atoms with Crippen LogP contribution < -0.4 is 25.5 Å². The largest absolute Gasteiger partial charge is 0.494 e. The van der Waals surface area contributed by atoms with Crippen molar-refractivity contribution in [2.24, 2.45) is 5.10 Å². The highest BCUT2D eigenvalue weighted by Crippen LogP contribution is 2.33. The maximum Gasteiger partial charge on any atom is 0.338 e. The summed E-state index contributed by atoms with van der Waals surface area (Å²) in [6.07, 6.45) is 1.53. The van der Waals surface area contributed by atoms with Crippen LogP contribution in [-0.2, 0) is 14.3 Å². The minimum absolute atomic E-state index is 0.238. The molecule has 1 aliphatic heterocycles. The van der Waals surface area contributed by atoms with Crippen LogP contribution in [0.25, 0.3) is 0 Å². The van der Waals surface area contributed by atoms with Gasteiger partial charge in [0, 0.05) is 11.3 Å². The Balaban J connectivity index is 1.66. The molecule has 3 rings (SSSR count). The van der Waals surface area contributed by atoms with Gasteiger partial charge in [-0.1, -0.05) is 18.2 Å². The monoisotopic (exact) mass is 496 g/mol. The summed E-state index contributed by atoms with van der Waals surface area (Å²) in [5, 5.41) is 10.4. The Morgan fingerprint density at radius 2 is 1.83 bits per heavy atom. The zero-order chi connectivity index (χ0) is 25.2. The van der Waals surface area contributed by atoms with Gasteiger partial charge in [-0.25, -0.2) is 10.2 Å². The number of hydrazone groups is 1. The van der Waals surface area contributed by atoms with E-state index in [1.165, 1.54) is 6.21 Å². The minimum Gasteiger partial charge on any atom is -0.494 e. The summed E-state index contributed by atoms with van der Waals surface area (Å²) >= 11 is 5.29. The van der Waals surface area contributed by atoms with E-state index in [9.17, 15) is 9.59 Å². The molecule has 184 valence electrons. The maximum absolute atomic E-state index is 12.6. The Morgan fingerprint density at radius 1 is 1.09 bits per heavy atom. The quantitative estimate of drug-likeness (QED) is 0.199. The number of rotatable bonds is 10. The molecule has 0 fully saturated rings. The van der Waals surface area contributed by atoms with Crippen molar-refractivity contribution in [3.8, 4) is 11.5 Å². The summed E-state index contributed by atoms with van der Waals surface area (Å²) in [5.74, 6) is 0.289. The van der Waals surface area contributed by atoms with Gasteiger partial charge in [-0.3, -0.25) is 4.79 Å². The molecule has 0 unspecified atom stereocenters. The first-order valence-corrected chi connectivity index (χ1v) is 11.6. The van der Waals surface area contributed by atoms with E-state index < -0.39 is 17.9 Å². The number of nitrogens with zero attached hydrogens (tertiary/aromatic N) is 1. The van der Waals surface area contributed by atoms with Crippen LogP contribution in [0.2, 0.25) is 0 Å². The van der Waals surface area contributed by atoms with Crippen molar-refractivity contribution >= 4 is 35.4 Å². The highest BCUT2D eigenvalue weighted by molar-refractivity contribution is 7.80. The number of amides is 1. The third-order valence-corrected chi connectivity index (χ3v) is 5.17. The molecular weight excluding hydrogens is 468 g/mol. The van der Waals surface area contributed by atoms with Crippen LogP contribution >= 0.6 is 12.2 Å². The molecule has 35 heavy (non-hydrogen) atoms. The first-order chi connectivity index (χ1) is 16.9. The van der Waals surface area contributed by atoms with E-state index in [-0.39, 0.29) is 13.2 Å². The number of nitrogens with one attached hydrogen (secondary N) is 3. The van der Waals surface area contributed by atoms with Gasteiger partial charge in [-0.2, -0.15) is 5.10 Å². The smallest absolute Gasteiger partial charge is 0.338 e. The predicted molar refractivity (Wildman–Crippen MR) is 136 cm³/mol. The molecule has 1 aliphatic rings. The van der Waals surface area contributed by atoms with Crippen molar-refractivity contribution in [2.75, 3.05) is 19.8 Å². The molecule has 0 aromatic heterocycles. The molecule has 10 heteroatoms. The van der Waals surface area contributed by atoms with Crippen LogP contribution in [0.5, 0.6) is 11.5 Å². The molecule has 0 radical (unpaired) electrons. The van der Waals surface area contributed by atoms with E-state index in [0.29, 0.717) is 34.3 Å². The van der Waals surface area contributed by atoms with E-state index in [1.807, 2.05) is 37.3 Å². The van der Waals surface area contributed by atoms with Gasteiger partial charge in [0.1, 0.15) is 11.5 Å². The van der Waals surface area contributed by atoms with Gasteiger partial charge in [-0.05, 0) is 68.9 Å². The molecule has 0 bridgehead atoms. The number of thiocarbonyl (C=S) groups is 1. The number of hydrogen-bond acceptors (Lipinski definition) is 7. The molecule has 0 spiro atoms. The molecule has 1 heterocycles. The second-order valence-corrected chi connectivity index (χ2v) is 7.82. The number of para-hydroxylation sites is 1. The van der Waals surface area contributed by atoms with Crippen LogP contribution in [0.1, 0.15) is 37.9 Å². The highest BCUT2D eigenvalue weighted by atomic mass is 32.1. The summed E-state index contributed by atoms with van der Waals surface area (Å²) in [7, 11) is 0. The summed E-state index contributed by atoms with van der Waals surface area (Å²) in [5.41, 5.74) is 4.87. The number of hydrogen-bond donors (Lipinski definition) is 3. The van der Waals surface area contributed by atoms with Crippen LogP contribution in [0.4, 0.5) is 0 Å². The third kappa shape index (κ3) is 7.03. The fourth-order valence-corrected chi connectivity index (χ4v) is 3.70. The Morgan fingerprint density at radius 3 is 2.54 bits per heavy atom. The molecule has 3 N–H and O–H groups in total. The lowest BCUT2D eigenvalue weighted by molar-refractivity contribution is -0.139. The Labute approximate surface area is 209 Å². The molecule has 1 atom stereocenters. The number of allylic oxidation sites excluding steroid dienone is 1. The Kier molecular flexibility index (Phi) is 9.19. The molecule has 0 saturated heterocycles. The fraction of sp³-hybridized carbons (Fsp3) is 0.280. The predicted octanol–water partition coefficient (Wildman–Crippen LogP) is 2.97. The molecule has 0 aliphatic carbocycles. The first-order valence-electron chi connectivity index (χ1n) is 11.1. The van der Waals surface area contributed by atoms with Crippen molar-refractivity contribution in [2.45, 2.75) is 26.8 Å². The van der Waals surface area contributed by atoms with Crippen LogP contribution in [-0.4, -0.2) is 43.0 Å². The lowest BCUT2D eigenvalue weighted by Crippen LogP contribution is -2.45. The molecule has 9 nitrogen and oxygen atoms in total. The molecule has 0 saturated carbocycles. The van der Waals surface area contributed by atoms with Gasteiger partial charge in [0.2, 0.25) is 0 Å². The summed E-state index contributed by atoms with van der Waals surface area (Å²) in [6, 6.07) is 13.8.